The van der Waals surface area contributed by atoms with Crippen LogP contribution in [0.3, 0.4) is 0 Å². The van der Waals surface area contributed by atoms with E-state index in [0.717, 1.165) is 27.9 Å². The van der Waals surface area contributed by atoms with E-state index < -0.39 is 0 Å². The van der Waals surface area contributed by atoms with Crippen molar-refractivity contribution in [1.82, 2.24) is 4.90 Å². The van der Waals surface area contributed by atoms with Crippen molar-refractivity contribution in [2.24, 2.45) is 5.92 Å². The van der Waals surface area contributed by atoms with Crippen molar-refractivity contribution in [3.63, 3.8) is 0 Å². The lowest BCUT2D eigenvalue weighted by molar-refractivity contribution is -0.131. The van der Waals surface area contributed by atoms with E-state index in [1.807, 2.05) is 36.9 Å². The molecule has 1 unspecified atom stereocenters. The molecule has 0 bridgehead atoms. The van der Waals surface area contributed by atoms with Gasteiger partial charge in [0.05, 0.1) is 0 Å². The first-order valence-electron chi connectivity index (χ1n) is 7.01. The van der Waals surface area contributed by atoms with Gasteiger partial charge in [0.1, 0.15) is 5.75 Å². The minimum atomic E-state index is 0.0526. The monoisotopic (exact) mass is 353 g/mol. The second-order valence-corrected chi connectivity index (χ2v) is 5.86. The molecule has 1 atom stereocenters. The van der Waals surface area contributed by atoms with Gasteiger partial charge in [-0.2, -0.15) is 0 Å². The van der Waals surface area contributed by atoms with E-state index in [9.17, 15) is 4.79 Å². The molecule has 0 N–H and O–H groups in total. The van der Waals surface area contributed by atoms with Gasteiger partial charge >= 0.3 is 0 Å². The number of amides is 1. The zero-order valence-corrected chi connectivity index (χ0v) is 14.1. The van der Waals surface area contributed by atoms with Crippen molar-refractivity contribution in [3.8, 4) is 5.75 Å². The normalized spacial score (nSPS) is 18.7. The first-order chi connectivity index (χ1) is 10.1. The molecular formula is C16H20BrNO3. The van der Waals surface area contributed by atoms with E-state index in [-0.39, 0.29) is 18.6 Å². The molecule has 21 heavy (non-hydrogen) atoms. The Hall–Kier alpha value is -1.33. The summed E-state index contributed by atoms with van der Waals surface area (Å²) in [6, 6.07) is 5.74. The maximum atomic E-state index is 12.3. The summed E-state index contributed by atoms with van der Waals surface area (Å²) in [5.41, 5.74) is 1.97. The molecule has 0 aliphatic carbocycles. The molecule has 5 heteroatoms. The van der Waals surface area contributed by atoms with Crippen molar-refractivity contribution < 1.29 is 14.3 Å². The third-order valence-corrected chi connectivity index (χ3v) is 4.18. The summed E-state index contributed by atoms with van der Waals surface area (Å²) < 4.78 is 11.2. The van der Waals surface area contributed by atoms with Gasteiger partial charge in [-0.3, -0.25) is 4.79 Å². The second-order valence-electron chi connectivity index (χ2n) is 5.00. The Bertz CT molecular complexity index is 556. The van der Waals surface area contributed by atoms with E-state index in [1.54, 1.807) is 7.11 Å². The van der Waals surface area contributed by atoms with Crippen LogP contribution in [0.5, 0.6) is 5.75 Å². The van der Waals surface area contributed by atoms with Crippen LogP contribution in [0.2, 0.25) is 0 Å². The van der Waals surface area contributed by atoms with Gasteiger partial charge in [-0.1, -0.05) is 13.0 Å². The van der Waals surface area contributed by atoms with Crippen LogP contribution >= 0.6 is 15.9 Å². The van der Waals surface area contributed by atoms with Crippen LogP contribution in [0.25, 0.3) is 5.70 Å². The van der Waals surface area contributed by atoms with Gasteiger partial charge < -0.3 is 14.4 Å². The molecule has 114 valence electrons. The van der Waals surface area contributed by atoms with Crippen LogP contribution in [0, 0.1) is 5.92 Å². The van der Waals surface area contributed by atoms with Gasteiger partial charge in [0.2, 0.25) is 5.91 Å². The van der Waals surface area contributed by atoms with Crippen LogP contribution in [0.1, 0.15) is 25.8 Å². The Labute approximate surface area is 133 Å². The molecule has 1 aliphatic rings. The number of benzene rings is 1. The molecule has 0 spiro atoms. The van der Waals surface area contributed by atoms with Gasteiger partial charge in [0.15, 0.2) is 6.79 Å². The average Bonchev–Trinajstić information content (AvgIpc) is 2.48. The summed E-state index contributed by atoms with van der Waals surface area (Å²) in [6.07, 6.45) is 2.91. The van der Waals surface area contributed by atoms with Crippen molar-refractivity contribution in [2.75, 3.05) is 20.4 Å². The van der Waals surface area contributed by atoms with E-state index in [0.29, 0.717) is 6.54 Å². The smallest absolute Gasteiger partial charge is 0.230 e. The molecule has 0 fully saturated rings. The van der Waals surface area contributed by atoms with E-state index in [2.05, 4.69) is 22.0 Å². The molecule has 0 saturated heterocycles. The van der Waals surface area contributed by atoms with Gasteiger partial charge in [0, 0.05) is 35.3 Å². The Morgan fingerprint density at radius 3 is 2.81 bits per heavy atom. The second kappa shape index (κ2) is 7.09. The summed E-state index contributed by atoms with van der Waals surface area (Å²) in [5, 5.41) is 0. The minimum Gasteiger partial charge on any atom is -0.468 e. The van der Waals surface area contributed by atoms with Crippen LogP contribution in [0.4, 0.5) is 0 Å². The highest BCUT2D eigenvalue weighted by Gasteiger charge is 2.27. The fraction of sp³-hybridized carbons (Fsp3) is 0.438. The molecule has 0 saturated carbocycles. The number of rotatable bonds is 5. The predicted molar refractivity (Wildman–Crippen MR) is 85.8 cm³/mol. The molecule has 1 aromatic carbocycles. The van der Waals surface area contributed by atoms with Crippen LogP contribution in [0.15, 0.2) is 28.7 Å². The van der Waals surface area contributed by atoms with E-state index in [1.165, 1.54) is 0 Å². The number of allylic oxidation sites excluding steroid dienone is 1. The number of hydrogen-bond acceptors (Lipinski definition) is 3. The van der Waals surface area contributed by atoms with Gasteiger partial charge in [-0.05, 0) is 47.5 Å². The summed E-state index contributed by atoms with van der Waals surface area (Å²) in [7, 11) is 1.59. The van der Waals surface area contributed by atoms with Crippen molar-refractivity contribution in [1.29, 1.82) is 0 Å². The topological polar surface area (TPSA) is 38.8 Å². The zero-order chi connectivity index (χ0) is 15.4. The largest absolute Gasteiger partial charge is 0.468 e. The summed E-state index contributed by atoms with van der Waals surface area (Å²) in [4.78, 5) is 14.1. The van der Waals surface area contributed by atoms with E-state index >= 15 is 0 Å². The predicted octanol–water partition coefficient (Wildman–Crippen LogP) is 3.66. The Kier molecular flexibility index (Phi) is 5.42. The van der Waals surface area contributed by atoms with Crippen molar-refractivity contribution in [2.45, 2.75) is 20.3 Å². The molecule has 4 nitrogen and oxygen atoms in total. The maximum absolute atomic E-state index is 12.3. The first kappa shape index (κ1) is 16.0. The molecule has 0 aromatic heterocycles. The third kappa shape index (κ3) is 3.47. The number of hydrogen-bond donors (Lipinski definition) is 0. The highest BCUT2D eigenvalue weighted by atomic mass is 79.9. The number of carbonyl (C=O) groups is 1. The van der Waals surface area contributed by atoms with Crippen LogP contribution in [-0.4, -0.2) is 31.3 Å². The van der Waals surface area contributed by atoms with Gasteiger partial charge in [-0.25, -0.2) is 0 Å². The Balaban J connectivity index is 2.30. The van der Waals surface area contributed by atoms with Gasteiger partial charge in [0.25, 0.3) is 0 Å². The van der Waals surface area contributed by atoms with Crippen LogP contribution in [-0.2, 0) is 9.53 Å². The van der Waals surface area contributed by atoms with Crippen molar-refractivity contribution in [3.05, 3.63) is 34.3 Å². The van der Waals surface area contributed by atoms with Gasteiger partial charge in [-0.15, -0.1) is 0 Å². The molecule has 1 aromatic rings. The standard InChI is InChI=1S/C16H20BrNO3/c1-4-18-15(8-5-11(2)16(18)19)13-7-6-12(9-14(13)17)21-10-20-3/h6-9,11H,4-5,10H2,1-3H3. The molecule has 2 rings (SSSR count). The number of halogens is 1. The highest BCUT2D eigenvalue weighted by Crippen LogP contribution is 2.34. The molecule has 1 aliphatic heterocycles. The fourth-order valence-electron chi connectivity index (χ4n) is 2.39. The number of carbonyl (C=O) groups excluding carboxylic acids is 1. The first-order valence-corrected chi connectivity index (χ1v) is 7.81. The molecule has 1 heterocycles. The van der Waals surface area contributed by atoms with E-state index in [4.69, 9.17) is 9.47 Å². The number of methoxy groups -OCH3 is 1. The number of ether oxygens (including phenoxy) is 2. The fourth-order valence-corrected chi connectivity index (χ4v) is 2.95. The SMILES string of the molecule is CCN1C(=O)C(C)CC=C1c1ccc(OCOC)cc1Br. The summed E-state index contributed by atoms with van der Waals surface area (Å²) in [6.45, 7) is 4.84. The van der Waals surface area contributed by atoms with Crippen molar-refractivity contribution >= 4 is 27.5 Å². The van der Waals surface area contributed by atoms with Crippen LogP contribution < -0.4 is 4.74 Å². The number of nitrogens with zero attached hydrogens (tertiary/aromatic N) is 1. The lowest BCUT2D eigenvalue weighted by Crippen LogP contribution is -2.36. The molecule has 1 amide bonds. The quantitative estimate of drug-likeness (QED) is 0.758. The molecular weight excluding hydrogens is 334 g/mol. The zero-order valence-electron chi connectivity index (χ0n) is 12.6. The molecule has 0 radical (unpaired) electrons. The summed E-state index contributed by atoms with van der Waals surface area (Å²) in [5.74, 6) is 0.963. The highest BCUT2D eigenvalue weighted by molar-refractivity contribution is 9.10. The minimum absolute atomic E-state index is 0.0526. The Morgan fingerprint density at radius 2 is 2.19 bits per heavy atom. The summed E-state index contributed by atoms with van der Waals surface area (Å²) >= 11 is 3.57. The lowest BCUT2D eigenvalue weighted by atomic mass is 9.97. The maximum Gasteiger partial charge on any atom is 0.230 e. The third-order valence-electron chi connectivity index (χ3n) is 3.52. The Morgan fingerprint density at radius 1 is 1.43 bits per heavy atom. The lowest BCUT2D eigenvalue weighted by Gasteiger charge is -2.31. The average molecular weight is 354 g/mol.